The second kappa shape index (κ2) is 8.34. The summed E-state index contributed by atoms with van der Waals surface area (Å²) in [6, 6.07) is 8.01. The fourth-order valence-corrected chi connectivity index (χ4v) is 3.67. The van der Waals surface area contributed by atoms with Crippen molar-refractivity contribution in [2.45, 2.75) is 32.7 Å². The number of aromatic nitrogens is 2. The molecular formula is C18H24BrClN4O. The van der Waals surface area contributed by atoms with E-state index in [-0.39, 0.29) is 24.4 Å². The lowest BCUT2D eigenvalue weighted by Crippen LogP contribution is -2.45. The van der Waals surface area contributed by atoms with E-state index in [2.05, 4.69) is 21.0 Å². The highest BCUT2D eigenvalue weighted by molar-refractivity contribution is 9.10. The Morgan fingerprint density at radius 3 is 2.88 bits per heavy atom. The lowest BCUT2D eigenvalue weighted by atomic mass is 9.92. The summed E-state index contributed by atoms with van der Waals surface area (Å²) in [4.78, 5) is 14.8. The van der Waals surface area contributed by atoms with Crippen molar-refractivity contribution in [1.29, 1.82) is 0 Å². The van der Waals surface area contributed by atoms with E-state index >= 15 is 0 Å². The average Bonchev–Trinajstić information content (AvgIpc) is 2.96. The Labute approximate surface area is 163 Å². The van der Waals surface area contributed by atoms with Gasteiger partial charge in [-0.15, -0.1) is 12.4 Å². The molecule has 3 rings (SSSR count). The molecule has 0 spiro atoms. The normalized spacial score (nSPS) is 18.6. The highest BCUT2D eigenvalue weighted by atomic mass is 79.9. The maximum absolute atomic E-state index is 12.9. The van der Waals surface area contributed by atoms with Crippen molar-refractivity contribution >= 4 is 34.2 Å². The number of piperidine rings is 1. The van der Waals surface area contributed by atoms with E-state index in [0.717, 1.165) is 41.8 Å². The van der Waals surface area contributed by atoms with E-state index in [9.17, 15) is 4.79 Å². The third kappa shape index (κ3) is 4.25. The van der Waals surface area contributed by atoms with Crippen LogP contribution >= 0.6 is 28.3 Å². The molecule has 2 atom stereocenters. The third-order valence-corrected chi connectivity index (χ3v) is 5.27. The Bertz CT molecular complexity index is 746. The van der Waals surface area contributed by atoms with Gasteiger partial charge in [-0.3, -0.25) is 4.79 Å². The molecule has 2 aromatic rings. The second-order valence-electron chi connectivity index (χ2n) is 6.55. The summed E-state index contributed by atoms with van der Waals surface area (Å²) in [7, 11) is 0. The number of hydrogen-bond donors (Lipinski definition) is 1. The van der Waals surface area contributed by atoms with Gasteiger partial charge >= 0.3 is 0 Å². The smallest absolute Gasteiger partial charge is 0.257 e. The Hall–Kier alpha value is -1.37. The first-order valence-electron chi connectivity index (χ1n) is 8.33. The molecule has 1 fully saturated rings. The molecule has 2 heterocycles. The van der Waals surface area contributed by atoms with Crippen LogP contribution in [-0.4, -0.2) is 39.7 Å². The minimum atomic E-state index is 0. The fraction of sp³-hybridized carbons (Fsp3) is 0.444. The number of nitrogens with two attached hydrogens (primary N) is 1. The molecule has 1 aliphatic heterocycles. The van der Waals surface area contributed by atoms with Crippen LogP contribution in [0.3, 0.4) is 0 Å². The summed E-state index contributed by atoms with van der Waals surface area (Å²) in [5.41, 5.74) is 8.50. The predicted octanol–water partition coefficient (Wildman–Crippen LogP) is 3.56. The van der Waals surface area contributed by atoms with Crippen molar-refractivity contribution in [3.8, 4) is 5.69 Å². The van der Waals surface area contributed by atoms with E-state index in [0.29, 0.717) is 11.5 Å². The van der Waals surface area contributed by atoms with E-state index < -0.39 is 0 Å². The van der Waals surface area contributed by atoms with Crippen LogP contribution in [0.4, 0.5) is 0 Å². The van der Waals surface area contributed by atoms with Crippen LogP contribution in [0.2, 0.25) is 0 Å². The zero-order valence-corrected chi connectivity index (χ0v) is 16.9. The topological polar surface area (TPSA) is 64.2 Å². The maximum Gasteiger partial charge on any atom is 0.257 e. The molecule has 0 radical (unpaired) electrons. The van der Waals surface area contributed by atoms with E-state index in [4.69, 9.17) is 5.73 Å². The summed E-state index contributed by atoms with van der Waals surface area (Å²) in [5.74, 6) is 0.433. The summed E-state index contributed by atoms with van der Waals surface area (Å²) in [5, 5.41) is 4.42. The number of hydrogen-bond acceptors (Lipinski definition) is 3. The fourth-order valence-electron chi connectivity index (χ4n) is 3.28. The van der Waals surface area contributed by atoms with Gasteiger partial charge in [-0.2, -0.15) is 5.10 Å². The molecule has 0 aliphatic carbocycles. The molecule has 136 valence electrons. The van der Waals surface area contributed by atoms with Crippen LogP contribution in [0.25, 0.3) is 5.69 Å². The Kier molecular flexibility index (Phi) is 6.65. The Morgan fingerprint density at radius 1 is 1.44 bits per heavy atom. The number of nitrogens with zero attached hydrogens (tertiary/aromatic N) is 3. The van der Waals surface area contributed by atoms with Crippen molar-refractivity contribution < 1.29 is 4.79 Å². The van der Waals surface area contributed by atoms with Gasteiger partial charge in [0.1, 0.15) is 0 Å². The van der Waals surface area contributed by atoms with Crippen LogP contribution in [0.15, 0.2) is 34.9 Å². The molecule has 7 heteroatoms. The van der Waals surface area contributed by atoms with Crippen LogP contribution < -0.4 is 5.73 Å². The zero-order chi connectivity index (χ0) is 17.3. The Balaban J connectivity index is 0.00000225. The molecule has 1 amide bonds. The van der Waals surface area contributed by atoms with Gasteiger partial charge in [0.05, 0.1) is 23.1 Å². The van der Waals surface area contributed by atoms with Gasteiger partial charge in [0.15, 0.2) is 0 Å². The van der Waals surface area contributed by atoms with Gasteiger partial charge in [0.25, 0.3) is 5.91 Å². The molecule has 25 heavy (non-hydrogen) atoms. The van der Waals surface area contributed by atoms with Gasteiger partial charge in [0.2, 0.25) is 0 Å². The second-order valence-corrected chi connectivity index (χ2v) is 7.46. The van der Waals surface area contributed by atoms with Crippen LogP contribution in [0.1, 0.15) is 35.8 Å². The van der Waals surface area contributed by atoms with E-state index in [1.807, 2.05) is 47.7 Å². The van der Waals surface area contributed by atoms with E-state index in [1.54, 1.807) is 6.20 Å². The van der Waals surface area contributed by atoms with Crippen LogP contribution in [-0.2, 0) is 0 Å². The molecule has 0 saturated carbocycles. The molecule has 1 aromatic carbocycles. The molecule has 1 aromatic heterocycles. The van der Waals surface area contributed by atoms with Gasteiger partial charge in [-0.25, -0.2) is 4.68 Å². The van der Waals surface area contributed by atoms with Crippen molar-refractivity contribution in [3.05, 3.63) is 46.2 Å². The largest absolute Gasteiger partial charge is 0.338 e. The summed E-state index contributed by atoms with van der Waals surface area (Å²) in [6.45, 7) is 5.49. The quantitative estimate of drug-likeness (QED) is 0.814. The van der Waals surface area contributed by atoms with Gasteiger partial charge in [0, 0.05) is 23.6 Å². The monoisotopic (exact) mass is 426 g/mol. The van der Waals surface area contributed by atoms with Gasteiger partial charge < -0.3 is 10.6 Å². The number of benzene rings is 1. The van der Waals surface area contributed by atoms with Gasteiger partial charge in [-0.05, 0) is 50.8 Å². The molecule has 2 N–H and O–H groups in total. The maximum atomic E-state index is 12.9. The van der Waals surface area contributed by atoms with Crippen LogP contribution in [0, 0.1) is 12.8 Å². The molecule has 0 bridgehead atoms. The van der Waals surface area contributed by atoms with Crippen molar-refractivity contribution in [2.75, 3.05) is 13.1 Å². The highest BCUT2D eigenvalue weighted by Gasteiger charge is 2.28. The number of amides is 1. The first-order valence-corrected chi connectivity index (χ1v) is 9.12. The number of likely N-dealkylation sites (tertiary alicyclic amines) is 1. The summed E-state index contributed by atoms with van der Waals surface area (Å²) < 4.78 is 2.80. The lowest BCUT2D eigenvalue weighted by molar-refractivity contribution is 0.0660. The molecule has 1 saturated heterocycles. The van der Waals surface area contributed by atoms with Crippen molar-refractivity contribution in [1.82, 2.24) is 14.7 Å². The molecule has 1 aliphatic rings. The first kappa shape index (κ1) is 19.9. The summed E-state index contributed by atoms with van der Waals surface area (Å²) >= 11 is 3.47. The number of rotatable bonds is 3. The molecular weight excluding hydrogens is 404 g/mol. The SMILES string of the molecule is Cc1c(C(=O)N2CCCC(C(C)N)C2)cnn1-c1cccc(Br)c1.Cl. The van der Waals surface area contributed by atoms with Crippen molar-refractivity contribution in [3.63, 3.8) is 0 Å². The van der Waals surface area contributed by atoms with Crippen LogP contribution in [0.5, 0.6) is 0 Å². The Morgan fingerprint density at radius 2 is 2.20 bits per heavy atom. The number of halogens is 2. The number of carbonyl (C=O) groups is 1. The first-order chi connectivity index (χ1) is 11.5. The minimum absolute atomic E-state index is 0. The standard InChI is InChI=1S/C18H23BrN4O.ClH/c1-12(20)14-5-4-8-22(11-14)18(24)17-10-21-23(13(17)2)16-7-3-6-15(19)9-16;/h3,6-7,9-10,12,14H,4-5,8,11,20H2,1-2H3;1H. The molecule has 5 nitrogen and oxygen atoms in total. The minimum Gasteiger partial charge on any atom is -0.338 e. The van der Waals surface area contributed by atoms with Gasteiger partial charge in [-0.1, -0.05) is 22.0 Å². The molecule has 2 unspecified atom stereocenters. The predicted molar refractivity (Wildman–Crippen MR) is 106 cm³/mol. The third-order valence-electron chi connectivity index (χ3n) is 4.78. The summed E-state index contributed by atoms with van der Waals surface area (Å²) in [6.07, 6.45) is 3.78. The zero-order valence-electron chi connectivity index (χ0n) is 14.5. The average molecular weight is 428 g/mol. The van der Waals surface area contributed by atoms with Crippen molar-refractivity contribution in [2.24, 2.45) is 11.7 Å². The lowest BCUT2D eigenvalue weighted by Gasteiger charge is -2.34. The van der Waals surface area contributed by atoms with E-state index in [1.165, 1.54) is 0 Å². The number of carbonyl (C=O) groups excluding carboxylic acids is 1. The highest BCUT2D eigenvalue weighted by Crippen LogP contribution is 2.23.